The first kappa shape index (κ1) is 20.0. The summed E-state index contributed by atoms with van der Waals surface area (Å²) in [7, 11) is 0. The highest BCUT2D eigenvalue weighted by atomic mass is 15.2. The molecule has 0 unspecified atom stereocenters. The number of nitrogens with zero attached hydrogens (tertiary/aromatic N) is 3. The van der Waals surface area contributed by atoms with E-state index >= 15 is 0 Å². The van der Waals surface area contributed by atoms with Crippen LogP contribution < -0.4 is 0 Å². The van der Waals surface area contributed by atoms with E-state index in [0.29, 0.717) is 0 Å². The second kappa shape index (κ2) is 8.27. The second-order valence-corrected chi connectivity index (χ2v) is 7.70. The van der Waals surface area contributed by atoms with E-state index in [-0.39, 0.29) is 0 Å². The fraction of sp³-hybridized carbons (Fsp3) is 0.103. The fourth-order valence-electron chi connectivity index (χ4n) is 4.30. The Morgan fingerprint density at radius 2 is 1.25 bits per heavy atom. The van der Waals surface area contributed by atoms with Crippen LogP contribution in [-0.2, 0) is 0 Å². The lowest BCUT2D eigenvalue weighted by atomic mass is 9.98. The second-order valence-electron chi connectivity index (χ2n) is 7.70. The number of hydrogen-bond acceptors (Lipinski definition) is 2. The Morgan fingerprint density at radius 1 is 0.562 bits per heavy atom. The summed E-state index contributed by atoms with van der Waals surface area (Å²) in [5.74, 6) is 0.867. The molecule has 0 atom stereocenters. The van der Waals surface area contributed by atoms with Crippen LogP contribution in [0.3, 0.4) is 0 Å². The number of hydrogen-bond donors (Lipinski definition) is 0. The smallest absolute Gasteiger partial charge is 0.169 e. The maximum absolute atomic E-state index is 4.64. The van der Waals surface area contributed by atoms with E-state index in [9.17, 15) is 0 Å². The summed E-state index contributed by atoms with van der Waals surface area (Å²) in [6.45, 7) is 6.14. The molecule has 0 aliphatic rings. The molecule has 0 saturated heterocycles. The van der Waals surface area contributed by atoms with Crippen LogP contribution in [-0.4, -0.2) is 14.6 Å². The van der Waals surface area contributed by atoms with Crippen molar-refractivity contribution in [2.24, 2.45) is 0 Å². The minimum Gasteiger partial charge on any atom is -0.274 e. The minimum absolute atomic E-state index is 0.867. The van der Waals surface area contributed by atoms with Gasteiger partial charge in [-0.3, -0.25) is 4.40 Å². The lowest BCUT2D eigenvalue weighted by Crippen LogP contribution is -1.95. The van der Waals surface area contributed by atoms with E-state index in [1.165, 1.54) is 27.5 Å². The normalized spacial score (nSPS) is 11.0. The molecule has 6 rings (SSSR count). The summed E-state index contributed by atoms with van der Waals surface area (Å²) in [4.78, 5) is 0. The Bertz CT molecular complexity index is 1530. The summed E-state index contributed by atoms with van der Waals surface area (Å²) >= 11 is 0. The molecule has 0 fully saturated rings. The van der Waals surface area contributed by atoms with Crippen LogP contribution in [0.15, 0.2) is 97.1 Å². The molecular weight excluding hydrogens is 390 g/mol. The average Bonchev–Trinajstić information content (AvgIpc) is 3.32. The predicted octanol–water partition coefficient (Wildman–Crippen LogP) is 7.70. The van der Waals surface area contributed by atoms with Crippen molar-refractivity contribution in [3.8, 4) is 22.5 Å². The van der Waals surface area contributed by atoms with Gasteiger partial charge in [0.1, 0.15) is 0 Å². The summed E-state index contributed by atoms with van der Waals surface area (Å²) < 4.78 is 2.20. The quantitative estimate of drug-likeness (QED) is 0.271. The molecule has 3 nitrogen and oxygen atoms in total. The average molecular weight is 416 g/mol. The molecule has 2 aromatic heterocycles. The highest BCUT2D eigenvalue weighted by Crippen LogP contribution is 2.34. The largest absolute Gasteiger partial charge is 0.274 e. The van der Waals surface area contributed by atoms with Gasteiger partial charge in [0.05, 0.1) is 5.52 Å². The topological polar surface area (TPSA) is 30.2 Å². The van der Waals surface area contributed by atoms with Gasteiger partial charge in [0.25, 0.3) is 0 Å². The van der Waals surface area contributed by atoms with Gasteiger partial charge >= 0.3 is 0 Å². The van der Waals surface area contributed by atoms with Gasteiger partial charge < -0.3 is 0 Å². The van der Waals surface area contributed by atoms with Gasteiger partial charge in [-0.15, -0.1) is 10.2 Å². The molecular formula is C29H25N3. The lowest BCUT2D eigenvalue weighted by Gasteiger charge is -2.12. The molecule has 32 heavy (non-hydrogen) atoms. The number of pyridine rings is 1. The molecule has 0 bridgehead atoms. The highest BCUT2D eigenvalue weighted by molar-refractivity contribution is 6.13. The van der Waals surface area contributed by atoms with Crippen molar-refractivity contribution in [2.45, 2.75) is 20.8 Å². The molecule has 0 N–H and O–H groups in total. The molecule has 0 aliphatic carbocycles. The molecule has 4 aromatic carbocycles. The minimum atomic E-state index is 0.867. The Labute approximate surface area is 188 Å². The molecule has 0 amide bonds. The summed E-state index contributed by atoms with van der Waals surface area (Å²) in [5, 5.41) is 12.8. The highest BCUT2D eigenvalue weighted by Gasteiger charge is 2.16. The summed E-state index contributed by atoms with van der Waals surface area (Å²) in [6.07, 6.45) is 0. The van der Waals surface area contributed by atoms with Crippen LogP contribution in [0.25, 0.3) is 49.8 Å². The first-order valence-electron chi connectivity index (χ1n) is 11.1. The zero-order valence-corrected chi connectivity index (χ0v) is 18.6. The third kappa shape index (κ3) is 3.23. The van der Waals surface area contributed by atoms with Crippen molar-refractivity contribution in [2.75, 3.05) is 0 Å². The maximum Gasteiger partial charge on any atom is 0.169 e. The zero-order chi connectivity index (χ0) is 22.1. The third-order valence-corrected chi connectivity index (χ3v) is 5.75. The first-order valence-corrected chi connectivity index (χ1v) is 11.1. The Hall–Kier alpha value is -3.98. The molecule has 0 radical (unpaired) electrons. The van der Waals surface area contributed by atoms with Crippen molar-refractivity contribution in [1.82, 2.24) is 14.6 Å². The number of benzene rings is 4. The first-order chi connectivity index (χ1) is 15.8. The van der Waals surface area contributed by atoms with Crippen LogP contribution in [0, 0.1) is 6.92 Å². The van der Waals surface area contributed by atoms with Crippen molar-refractivity contribution in [1.29, 1.82) is 0 Å². The maximum atomic E-state index is 4.64. The van der Waals surface area contributed by atoms with E-state index < -0.39 is 0 Å². The van der Waals surface area contributed by atoms with E-state index in [1.807, 2.05) is 38.1 Å². The Kier molecular flexibility index (Phi) is 5.16. The standard InChI is InChI=1S/C27H19N3.C2H6/c1-18-12-15-25-23(16-18)22-14-13-21(19-8-4-2-5-9-19)17-24(22)27-29-28-26(30(25)27)20-10-6-3-7-11-20;1-2/h2-17H,1H3;1-2H3. The van der Waals surface area contributed by atoms with Crippen molar-refractivity contribution in [3.05, 3.63) is 103 Å². The molecule has 2 heterocycles. The third-order valence-electron chi connectivity index (χ3n) is 5.75. The molecule has 0 aliphatic heterocycles. The van der Waals surface area contributed by atoms with Gasteiger partial charge in [-0.25, -0.2) is 0 Å². The van der Waals surface area contributed by atoms with E-state index in [2.05, 4.69) is 94.3 Å². The van der Waals surface area contributed by atoms with Crippen LogP contribution in [0.5, 0.6) is 0 Å². The van der Waals surface area contributed by atoms with Gasteiger partial charge in [0.15, 0.2) is 11.5 Å². The Balaban J connectivity index is 0.00000105. The summed E-state index contributed by atoms with van der Waals surface area (Å²) in [5.41, 5.74) is 6.69. The van der Waals surface area contributed by atoms with E-state index in [1.54, 1.807) is 0 Å². The van der Waals surface area contributed by atoms with Gasteiger partial charge in [0, 0.05) is 16.3 Å². The molecule has 156 valence electrons. The molecule has 0 saturated carbocycles. The number of fused-ring (bicyclic) bond motifs is 6. The number of aryl methyl sites for hydroxylation is 1. The zero-order valence-electron chi connectivity index (χ0n) is 18.6. The number of rotatable bonds is 2. The van der Waals surface area contributed by atoms with Crippen LogP contribution in [0.1, 0.15) is 19.4 Å². The molecule has 6 aromatic rings. The lowest BCUT2D eigenvalue weighted by molar-refractivity contribution is 1.12. The van der Waals surface area contributed by atoms with Crippen LogP contribution in [0.2, 0.25) is 0 Å². The van der Waals surface area contributed by atoms with Gasteiger partial charge in [-0.2, -0.15) is 0 Å². The monoisotopic (exact) mass is 415 g/mol. The number of aromatic nitrogens is 3. The summed E-state index contributed by atoms with van der Waals surface area (Å²) in [6, 6.07) is 34.0. The van der Waals surface area contributed by atoms with Gasteiger partial charge in [-0.05, 0) is 41.6 Å². The van der Waals surface area contributed by atoms with Crippen molar-refractivity contribution < 1.29 is 0 Å². The SMILES string of the molecule is CC.Cc1ccc2c(c1)c1ccc(-c3ccccc3)cc1c1nnc(-c3ccccc3)n21. The Morgan fingerprint density at radius 3 is 1.97 bits per heavy atom. The van der Waals surface area contributed by atoms with Crippen molar-refractivity contribution >= 4 is 27.3 Å². The van der Waals surface area contributed by atoms with Gasteiger partial charge in [0.2, 0.25) is 0 Å². The van der Waals surface area contributed by atoms with Crippen LogP contribution >= 0.6 is 0 Å². The molecule has 3 heteroatoms. The predicted molar refractivity (Wildman–Crippen MR) is 135 cm³/mol. The van der Waals surface area contributed by atoms with E-state index in [4.69, 9.17) is 0 Å². The van der Waals surface area contributed by atoms with Gasteiger partial charge in [-0.1, -0.05) is 98.3 Å². The van der Waals surface area contributed by atoms with Crippen LogP contribution in [0.4, 0.5) is 0 Å². The fourth-order valence-corrected chi connectivity index (χ4v) is 4.30. The van der Waals surface area contributed by atoms with E-state index in [0.717, 1.165) is 27.9 Å². The molecule has 0 spiro atoms. The van der Waals surface area contributed by atoms with Crippen molar-refractivity contribution in [3.63, 3.8) is 0 Å².